The lowest BCUT2D eigenvalue weighted by atomic mass is 9.66. The molecule has 6 nitrogen and oxygen atoms in total. The predicted octanol–water partition coefficient (Wildman–Crippen LogP) is 14.8. The van der Waals surface area contributed by atoms with E-state index < -0.39 is 5.41 Å². The number of ether oxygens (including phenoxy) is 1. The van der Waals surface area contributed by atoms with Gasteiger partial charge in [0.25, 0.3) is 0 Å². The Morgan fingerprint density at radius 1 is 0.250 bits per heavy atom. The molecule has 0 unspecified atom stereocenters. The first-order valence-corrected chi connectivity index (χ1v) is 22.8. The monoisotopic (exact) mass is 869 g/mol. The topological polar surface area (TPSA) is 73.7 Å². The molecule has 1 spiro atoms. The first-order chi connectivity index (χ1) is 33.7. The zero-order chi connectivity index (χ0) is 45.0. The lowest BCUT2D eigenvalue weighted by molar-refractivity contribution is 0.436. The highest BCUT2D eigenvalue weighted by molar-refractivity contribution is 5.92. The molecule has 2 aromatic heterocycles. The molecule has 0 amide bonds. The van der Waals surface area contributed by atoms with Crippen molar-refractivity contribution < 1.29 is 4.74 Å². The summed E-state index contributed by atoms with van der Waals surface area (Å²) < 4.78 is 6.70. The van der Waals surface area contributed by atoms with Gasteiger partial charge in [-0.2, -0.15) is 0 Å². The lowest BCUT2D eigenvalue weighted by Gasteiger charge is -2.39. The molecule has 0 N–H and O–H groups in total. The number of nitrogens with zero attached hydrogens (tertiary/aromatic N) is 5. The minimum Gasteiger partial charge on any atom is -0.457 e. The number of hydrogen-bond acceptors (Lipinski definition) is 6. The molecule has 0 radical (unpaired) electrons. The Morgan fingerprint density at radius 2 is 0.662 bits per heavy atom. The van der Waals surface area contributed by atoms with E-state index in [1.807, 2.05) is 109 Å². The number of hydrogen-bond donors (Lipinski definition) is 0. The molecule has 0 saturated heterocycles. The summed E-state index contributed by atoms with van der Waals surface area (Å²) >= 11 is 0. The number of para-hydroxylation sites is 2. The first kappa shape index (κ1) is 39.3. The van der Waals surface area contributed by atoms with Crippen molar-refractivity contribution in [3.8, 4) is 102 Å². The Bertz CT molecular complexity index is 3530. The van der Waals surface area contributed by atoms with Crippen molar-refractivity contribution in [3.05, 3.63) is 259 Å². The van der Waals surface area contributed by atoms with Gasteiger partial charge in [0.1, 0.15) is 11.5 Å². The Labute approximate surface area is 394 Å². The molecule has 1 aliphatic carbocycles. The van der Waals surface area contributed by atoms with Gasteiger partial charge in [0.15, 0.2) is 23.3 Å². The summed E-state index contributed by atoms with van der Waals surface area (Å²) in [6.45, 7) is 0. The normalized spacial score (nSPS) is 12.6. The molecule has 1 aliphatic heterocycles. The summed E-state index contributed by atoms with van der Waals surface area (Å²) in [5.74, 6) is 4.20. The fourth-order valence-electron chi connectivity index (χ4n) is 10.1. The van der Waals surface area contributed by atoms with E-state index >= 15 is 0 Å². The van der Waals surface area contributed by atoms with Gasteiger partial charge in [-0.3, -0.25) is 0 Å². The SMILES string of the molecule is c1ccc(-c2cc(-c3ccccc3)nc(-c3ccc(-c4ccc5c(c4)-c4ccc(-c6nc(-c7ccccc7)nc(-c7ccccc7)n6)cc4C54c5ccccc5Oc5ccccc54)cc3)n2)cc1. The highest BCUT2D eigenvalue weighted by Gasteiger charge is 2.51. The van der Waals surface area contributed by atoms with Crippen LogP contribution in [0.1, 0.15) is 22.3 Å². The standard InChI is InChI=1S/C62H39N5O/c1-5-17-41(18-6-1)54-39-55(42-19-7-2-8-20-42)64-58(63-54)45-31-29-40(30-32-45)46-34-36-50-49(37-46)48-35-33-47(38-53(48)62(50)51-25-13-15-27-56(51)68-57-28-16-14-26-52(57)62)61-66-59(43-21-9-3-10-22-43)65-60(67-61)44-23-11-4-12-24-44/h1-39H. The smallest absolute Gasteiger partial charge is 0.164 e. The zero-order valence-electron chi connectivity index (χ0n) is 36.7. The van der Waals surface area contributed by atoms with Gasteiger partial charge in [0.2, 0.25) is 0 Å². The maximum Gasteiger partial charge on any atom is 0.164 e. The van der Waals surface area contributed by atoms with Gasteiger partial charge in [0.05, 0.1) is 16.8 Å². The molecular formula is C62H39N5O. The fraction of sp³-hybridized carbons (Fsp3) is 0.0161. The van der Waals surface area contributed by atoms with Crippen molar-refractivity contribution in [1.29, 1.82) is 0 Å². The summed E-state index contributed by atoms with van der Waals surface area (Å²) in [6, 6.07) is 82.1. The minimum absolute atomic E-state index is 0.607. The van der Waals surface area contributed by atoms with E-state index in [1.165, 1.54) is 5.56 Å². The van der Waals surface area contributed by atoms with Crippen LogP contribution < -0.4 is 4.74 Å². The van der Waals surface area contributed by atoms with Gasteiger partial charge in [-0.15, -0.1) is 0 Å². The predicted molar refractivity (Wildman–Crippen MR) is 271 cm³/mol. The van der Waals surface area contributed by atoms with Gasteiger partial charge in [-0.1, -0.05) is 206 Å². The molecule has 0 bridgehead atoms. The Balaban J connectivity index is 0.966. The van der Waals surface area contributed by atoms with Crippen LogP contribution in [0.4, 0.5) is 0 Å². The summed E-state index contributed by atoms with van der Waals surface area (Å²) in [4.78, 5) is 25.5. The van der Waals surface area contributed by atoms with Gasteiger partial charge in [-0.05, 0) is 63.7 Å². The van der Waals surface area contributed by atoms with E-state index in [9.17, 15) is 0 Å². The second-order valence-electron chi connectivity index (χ2n) is 17.2. The van der Waals surface area contributed by atoms with Crippen LogP contribution in [0.3, 0.4) is 0 Å². The zero-order valence-corrected chi connectivity index (χ0v) is 36.7. The Morgan fingerprint density at radius 3 is 1.21 bits per heavy atom. The van der Waals surface area contributed by atoms with E-state index in [-0.39, 0.29) is 0 Å². The minimum atomic E-state index is -0.691. The molecule has 318 valence electrons. The molecule has 0 fully saturated rings. The number of aromatic nitrogens is 5. The molecule has 6 heteroatoms. The highest BCUT2D eigenvalue weighted by atomic mass is 16.5. The van der Waals surface area contributed by atoms with Crippen LogP contribution in [0.25, 0.3) is 90.3 Å². The maximum absolute atomic E-state index is 6.70. The van der Waals surface area contributed by atoms with Crippen molar-refractivity contribution in [1.82, 2.24) is 24.9 Å². The molecule has 13 rings (SSSR count). The Hall–Kier alpha value is -9.13. The third kappa shape index (κ3) is 6.53. The second-order valence-corrected chi connectivity index (χ2v) is 17.2. The van der Waals surface area contributed by atoms with Crippen LogP contribution in [-0.4, -0.2) is 24.9 Å². The average Bonchev–Trinajstić information content (AvgIpc) is 3.70. The van der Waals surface area contributed by atoms with E-state index in [1.54, 1.807) is 0 Å². The van der Waals surface area contributed by atoms with Crippen LogP contribution in [0, 0.1) is 0 Å². The lowest BCUT2D eigenvalue weighted by Crippen LogP contribution is -2.32. The van der Waals surface area contributed by atoms with E-state index in [0.29, 0.717) is 23.3 Å². The average molecular weight is 870 g/mol. The van der Waals surface area contributed by atoms with Gasteiger partial charge >= 0.3 is 0 Å². The molecule has 0 atom stereocenters. The number of fused-ring (bicyclic) bond motifs is 9. The maximum atomic E-state index is 6.70. The summed E-state index contributed by atoms with van der Waals surface area (Å²) in [5, 5.41) is 0. The van der Waals surface area contributed by atoms with Crippen LogP contribution in [-0.2, 0) is 5.41 Å². The molecule has 68 heavy (non-hydrogen) atoms. The van der Waals surface area contributed by atoms with E-state index in [0.717, 1.165) is 95.2 Å². The largest absolute Gasteiger partial charge is 0.457 e. The molecule has 11 aromatic rings. The molecule has 2 aliphatic rings. The van der Waals surface area contributed by atoms with Crippen molar-refractivity contribution in [2.24, 2.45) is 0 Å². The van der Waals surface area contributed by atoms with Crippen molar-refractivity contribution >= 4 is 0 Å². The second kappa shape index (κ2) is 16.1. The summed E-state index contributed by atoms with van der Waals surface area (Å²) in [5.41, 5.74) is 15.9. The summed E-state index contributed by atoms with van der Waals surface area (Å²) in [6.07, 6.45) is 0. The van der Waals surface area contributed by atoms with Crippen molar-refractivity contribution in [2.45, 2.75) is 5.41 Å². The van der Waals surface area contributed by atoms with Crippen molar-refractivity contribution in [2.75, 3.05) is 0 Å². The molecule has 9 aromatic carbocycles. The van der Waals surface area contributed by atoms with E-state index in [2.05, 4.69) is 127 Å². The van der Waals surface area contributed by atoms with Crippen LogP contribution >= 0.6 is 0 Å². The molecular weight excluding hydrogens is 831 g/mol. The van der Waals surface area contributed by atoms with Gasteiger partial charge in [0, 0.05) is 44.5 Å². The molecule has 0 saturated carbocycles. The van der Waals surface area contributed by atoms with Gasteiger partial charge in [-0.25, -0.2) is 24.9 Å². The number of benzene rings is 9. The van der Waals surface area contributed by atoms with Crippen molar-refractivity contribution in [3.63, 3.8) is 0 Å². The highest BCUT2D eigenvalue weighted by Crippen LogP contribution is 2.62. The number of rotatable bonds is 7. The summed E-state index contributed by atoms with van der Waals surface area (Å²) in [7, 11) is 0. The van der Waals surface area contributed by atoms with Crippen LogP contribution in [0.2, 0.25) is 0 Å². The van der Waals surface area contributed by atoms with E-state index in [4.69, 9.17) is 29.7 Å². The van der Waals surface area contributed by atoms with Crippen LogP contribution in [0.5, 0.6) is 11.5 Å². The van der Waals surface area contributed by atoms with Gasteiger partial charge < -0.3 is 4.74 Å². The third-order valence-corrected chi connectivity index (χ3v) is 13.2. The van der Waals surface area contributed by atoms with Crippen LogP contribution in [0.15, 0.2) is 237 Å². The fourth-order valence-corrected chi connectivity index (χ4v) is 10.1. The Kier molecular flexibility index (Phi) is 9.29. The first-order valence-electron chi connectivity index (χ1n) is 22.8. The third-order valence-electron chi connectivity index (χ3n) is 13.2. The quantitative estimate of drug-likeness (QED) is 0.159. The molecule has 3 heterocycles.